The zero-order valence-electron chi connectivity index (χ0n) is 14.0. The highest BCUT2D eigenvalue weighted by molar-refractivity contribution is 7.98. The smallest absolute Gasteiger partial charge is 0.251 e. The zero-order chi connectivity index (χ0) is 19.2. The largest absolute Gasteiger partial charge is 0.351 e. The predicted octanol–water partition coefficient (Wildman–Crippen LogP) is 3.56. The van der Waals surface area contributed by atoms with E-state index in [0.29, 0.717) is 33.7 Å². The van der Waals surface area contributed by atoms with Crippen molar-refractivity contribution in [2.75, 3.05) is 19.3 Å². The molecule has 0 fully saturated rings. The molecule has 5 nitrogen and oxygen atoms in total. The molecule has 0 aliphatic carbocycles. The second kappa shape index (κ2) is 9.62. The van der Waals surface area contributed by atoms with Crippen molar-refractivity contribution in [3.63, 3.8) is 0 Å². The summed E-state index contributed by atoms with van der Waals surface area (Å²) in [5.41, 5.74) is 1.16. The number of carbonyl (C=O) groups excluding carboxylic acids is 1. The lowest BCUT2D eigenvalue weighted by Gasteiger charge is -2.09. The number of hydrogen-bond donors (Lipinski definition) is 2. The number of amides is 1. The summed E-state index contributed by atoms with van der Waals surface area (Å²) in [4.78, 5) is 12.2. The molecule has 0 aliphatic rings. The summed E-state index contributed by atoms with van der Waals surface area (Å²) in [5.74, 6) is 0.987. The average molecular weight is 433 g/mol. The van der Waals surface area contributed by atoms with Gasteiger partial charge in [-0.05, 0) is 42.9 Å². The Morgan fingerprint density at radius 2 is 1.77 bits per heavy atom. The normalized spacial score (nSPS) is 11.3. The van der Waals surface area contributed by atoms with Gasteiger partial charge in [0.25, 0.3) is 5.91 Å². The Hall–Kier alpha value is -1.25. The molecule has 0 aliphatic heterocycles. The topological polar surface area (TPSA) is 75.3 Å². The molecule has 140 valence electrons. The minimum atomic E-state index is -3.58. The lowest BCUT2D eigenvalue weighted by molar-refractivity contribution is 0.0956. The Morgan fingerprint density at radius 3 is 2.42 bits per heavy atom. The Kier molecular flexibility index (Phi) is 7.79. The van der Waals surface area contributed by atoms with E-state index in [9.17, 15) is 13.2 Å². The summed E-state index contributed by atoms with van der Waals surface area (Å²) < 4.78 is 25.8. The number of benzene rings is 2. The maximum atomic E-state index is 12.2. The molecule has 0 aromatic heterocycles. The van der Waals surface area contributed by atoms with Crippen LogP contribution in [0.3, 0.4) is 0 Å². The van der Waals surface area contributed by atoms with Crippen LogP contribution in [0.4, 0.5) is 0 Å². The number of halogens is 2. The first-order valence-corrected chi connectivity index (χ1v) is 11.1. The highest BCUT2D eigenvalue weighted by atomic mass is 35.5. The fourth-order valence-corrected chi connectivity index (χ4v) is 4.48. The van der Waals surface area contributed by atoms with E-state index in [1.165, 1.54) is 25.2 Å². The van der Waals surface area contributed by atoms with E-state index >= 15 is 0 Å². The Balaban J connectivity index is 1.85. The predicted molar refractivity (Wildman–Crippen MR) is 108 cm³/mol. The van der Waals surface area contributed by atoms with E-state index in [2.05, 4.69) is 10.0 Å². The zero-order valence-corrected chi connectivity index (χ0v) is 17.1. The van der Waals surface area contributed by atoms with Crippen molar-refractivity contribution in [1.29, 1.82) is 0 Å². The first kappa shape index (κ1) is 21.1. The molecular weight excluding hydrogens is 415 g/mol. The fourth-order valence-electron chi connectivity index (χ4n) is 2.11. The molecule has 2 aromatic rings. The maximum Gasteiger partial charge on any atom is 0.251 e. The number of rotatable bonds is 8. The van der Waals surface area contributed by atoms with Crippen molar-refractivity contribution in [1.82, 2.24) is 10.0 Å². The van der Waals surface area contributed by atoms with Gasteiger partial charge >= 0.3 is 0 Å². The van der Waals surface area contributed by atoms with Gasteiger partial charge in [-0.1, -0.05) is 35.3 Å². The summed E-state index contributed by atoms with van der Waals surface area (Å²) in [7, 11) is -2.26. The summed E-state index contributed by atoms with van der Waals surface area (Å²) in [6.07, 6.45) is 0. The van der Waals surface area contributed by atoms with E-state index in [0.717, 1.165) is 5.56 Å². The molecule has 0 saturated heterocycles. The molecule has 26 heavy (non-hydrogen) atoms. The van der Waals surface area contributed by atoms with Crippen molar-refractivity contribution in [2.24, 2.45) is 0 Å². The van der Waals surface area contributed by atoms with Crippen LogP contribution in [-0.2, 0) is 15.8 Å². The summed E-state index contributed by atoms with van der Waals surface area (Å²) in [6.45, 7) is 0.439. The van der Waals surface area contributed by atoms with E-state index in [4.69, 9.17) is 23.2 Å². The van der Waals surface area contributed by atoms with Crippen LogP contribution >= 0.6 is 35.0 Å². The molecule has 9 heteroatoms. The summed E-state index contributed by atoms with van der Waals surface area (Å²) >= 11 is 13.8. The van der Waals surface area contributed by atoms with E-state index < -0.39 is 10.0 Å². The standard InChI is InChI=1S/C17H18Cl2N2O3S2/c1-20-26(23,24)13-5-2-4-12(10-13)17(22)21-8-9-25-11-14-15(18)6-3-7-16(14)19/h2-7,10,20H,8-9,11H2,1H3,(H,21,22). The minimum absolute atomic E-state index is 0.0513. The highest BCUT2D eigenvalue weighted by Crippen LogP contribution is 2.27. The molecule has 2 N–H and O–H groups in total. The van der Waals surface area contributed by atoms with Gasteiger partial charge < -0.3 is 5.32 Å². The minimum Gasteiger partial charge on any atom is -0.351 e. The first-order chi connectivity index (χ1) is 12.3. The van der Waals surface area contributed by atoms with E-state index in [1.807, 2.05) is 0 Å². The number of carbonyl (C=O) groups is 1. The van der Waals surface area contributed by atoms with Crippen molar-refractivity contribution in [3.8, 4) is 0 Å². The van der Waals surface area contributed by atoms with Gasteiger partial charge in [0.2, 0.25) is 10.0 Å². The molecule has 1 amide bonds. The third-order valence-electron chi connectivity index (χ3n) is 3.52. The van der Waals surface area contributed by atoms with Gasteiger partial charge in [0.1, 0.15) is 0 Å². The van der Waals surface area contributed by atoms with Crippen molar-refractivity contribution in [2.45, 2.75) is 10.6 Å². The monoisotopic (exact) mass is 432 g/mol. The highest BCUT2D eigenvalue weighted by Gasteiger charge is 2.14. The van der Waals surface area contributed by atoms with Gasteiger partial charge in [0.15, 0.2) is 0 Å². The molecule has 0 atom stereocenters. The van der Waals surface area contributed by atoms with Gasteiger partial charge in [-0.25, -0.2) is 13.1 Å². The van der Waals surface area contributed by atoms with Crippen LogP contribution in [0, 0.1) is 0 Å². The van der Waals surface area contributed by atoms with Gasteiger partial charge in [-0.15, -0.1) is 0 Å². The van der Waals surface area contributed by atoms with E-state index in [-0.39, 0.29) is 10.8 Å². The summed E-state index contributed by atoms with van der Waals surface area (Å²) in [5, 5.41) is 4.01. The maximum absolute atomic E-state index is 12.2. The lowest BCUT2D eigenvalue weighted by atomic mass is 10.2. The van der Waals surface area contributed by atoms with E-state index in [1.54, 1.807) is 36.0 Å². The molecule has 0 spiro atoms. The molecule has 0 heterocycles. The van der Waals surface area contributed by atoms with Crippen molar-refractivity contribution >= 4 is 50.9 Å². The fraction of sp³-hybridized carbons (Fsp3) is 0.235. The van der Waals surface area contributed by atoms with Crippen LogP contribution in [0.15, 0.2) is 47.4 Å². The van der Waals surface area contributed by atoms with Crippen LogP contribution in [0.25, 0.3) is 0 Å². The average Bonchev–Trinajstić information content (AvgIpc) is 2.63. The molecule has 0 bridgehead atoms. The van der Waals surface area contributed by atoms with Gasteiger partial charge in [-0.2, -0.15) is 11.8 Å². The molecule has 0 saturated carbocycles. The van der Waals surface area contributed by atoms with Crippen LogP contribution in [0.2, 0.25) is 10.0 Å². The number of hydrogen-bond acceptors (Lipinski definition) is 4. The number of sulfonamides is 1. The molecule has 2 aromatic carbocycles. The third-order valence-corrected chi connectivity index (χ3v) is 6.62. The van der Waals surface area contributed by atoms with Crippen LogP contribution in [0.5, 0.6) is 0 Å². The van der Waals surface area contributed by atoms with Crippen LogP contribution < -0.4 is 10.0 Å². The molecular formula is C17H18Cl2N2O3S2. The lowest BCUT2D eigenvalue weighted by Crippen LogP contribution is -2.26. The third kappa shape index (κ3) is 5.62. The Morgan fingerprint density at radius 1 is 1.12 bits per heavy atom. The van der Waals surface area contributed by atoms with Crippen molar-refractivity contribution < 1.29 is 13.2 Å². The molecule has 0 unspecified atom stereocenters. The SMILES string of the molecule is CNS(=O)(=O)c1cccc(C(=O)NCCSCc2c(Cl)cccc2Cl)c1. The summed E-state index contributed by atoms with van der Waals surface area (Å²) in [6, 6.07) is 11.3. The second-order valence-corrected chi connectivity index (χ2v) is 9.05. The molecule has 2 rings (SSSR count). The van der Waals surface area contributed by atoms with Gasteiger partial charge in [0, 0.05) is 33.7 Å². The van der Waals surface area contributed by atoms with Crippen LogP contribution in [-0.4, -0.2) is 33.7 Å². The molecule has 0 radical (unpaired) electrons. The van der Waals surface area contributed by atoms with Gasteiger partial charge in [0.05, 0.1) is 4.90 Å². The first-order valence-electron chi connectivity index (χ1n) is 7.67. The van der Waals surface area contributed by atoms with Gasteiger partial charge in [-0.3, -0.25) is 4.79 Å². The Bertz CT molecular complexity index is 869. The van der Waals surface area contributed by atoms with Crippen LogP contribution in [0.1, 0.15) is 15.9 Å². The van der Waals surface area contributed by atoms with Crippen molar-refractivity contribution in [3.05, 3.63) is 63.6 Å². The number of nitrogens with one attached hydrogen (secondary N) is 2. The quantitative estimate of drug-likeness (QED) is 0.625. The number of thioether (sulfide) groups is 1. The second-order valence-electron chi connectivity index (χ2n) is 5.24. The Labute approximate surface area is 167 Å².